The van der Waals surface area contributed by atoms with Crippen molar-refractivity contribution in [2.24, 2.45) is 7.05 Å². The van der Waals surface area contributed by atoms with Crippen LogP contribution in [-0.2, 0) is 19.8 Å². The molecule has 0 aliphatic heterocycles. The maximum Gasteiger partial charge on any atom is 0.434 e. The standard InChI is InChI=1S/C13H15ClF3N5O/c1-4-22-8(5-6-18-22)7(2)19-12(23)10-9(14)11(13(15,16)17)21(3)20-10/h5-7H,4H2,1-3H3,(H,19,23). The van der Waals surface area contributed by atoms with Crippen molar-refractivity contribution in [2.75, 3.05) is 0 Å². The smallest absolute Gasteiger partial charge is 0.343 e. The second-order valence-electron chi connectivity index (χ2n) is 4.90. The fourth-order valence-corrected chi connectivity index (χ4v) is 2.62. The predicted molar refractivity (Wildman–Crippen MR) is 77.0 cm³/mol. The molecule has 0 aromatic carbocycles. The molecule has 23 heavy (non-hydrogen) atoms. The summed E-state index contributed by atoms with van der Waals surface area (Å²) in [6, 6.07) is 1.26. The lowest BCUT2D eigenvalue weighted by atomic mass is 10.2. The first-order valence-corrected chi connectivity index (χ1v) is 7.16. The minimum absolute atomic E-state index is 0.461. The van der Waals surface area contributed by atoms with E-state index in [9.17, 15) is 18.0 Å². The van der Waals surface area contributed by atoms with Crippen LogP contribution >= 0.6 is 11.6 Å². The molecule has 6 nitrogen and oxygen atoms in total. The molecule has 2 heterocycles. The first-order chi connectivity index (χ1) is 10.7. The van der Waals surface area contributed by atoms with Crippen molar-refractivity contribution in [1.82, 2.24) is 24.9 Å². The lowest BCUT2D eigenvalue weighted by molar-refractivity contribution is -0.143. The van der Waals surface area contributed by atoms with Gasteiger partial charge in [-0.2, -0.15) is 23.4 Å². The van der Waals surface area contributed by atoms with Crippen LogP contribution in [0.3, 0.4) is 0 Å². The van der Waals surface area contributed by atoms with E-state index in [0.29, 0.717) is 11.2 Å². The Morgan fingerprint density at radius 2 is 2.13 bits per heavy atom. The van der Waals surface area contributed by atoms with Gasteiger partial charge >= 0.3 is 6.18 Å². The number of rotatable bonds is 4. The molecule has 1 unspecified atom stereocenters. The van der Waals surface area contributed by atoms with Crippen molar-refractivity contribution in [3.8, 4) is 0 Å². The molecule has 1 amide bonds. The monoisotopic (exact) mass is 349 g/mol. The second kappa shape index (κ2) is 6.23. The third kappa shape index (κ3) is 3.34. The SMILES string of the molecule is CCn1nccc1C(C)NC(=O)c1nn(C)c(C(F)(F)F)c1Cl. The maximum atomic E-state index is 12.9. The number of nitrogens with zero attached hydrogens (tertiary/aromatic N) is 4. The van der Waals surface area contributed by atoms with Gasteiger partial charge in [-0.25, -0.2) is 0 Å². The molecule has 1 N–H and O–H groups in total. The molecule has 2 rings (SSSR count). The molecule has 0 radical (unpaired) electrons. The van der Waals surface area contributed by atoms with E-state index in [1.165, 1.54) is 0 Å². The number of amides is 1. The van der Waals surface area contributed by atoms with E-state index >= 15 is 0 Å². The Morgan fingerprint density at radius 3 is 2.65 bits per heavy atom. The molecule has 0 saturated carbocycles. The van der Waals surface area contributed by atoms with Gasteiger partial charge < -0.3 is 5.32 Å². The number of aromatic nitrogens is 4. The summed E-state index contributed by atoms with van der Waals surface area (Å²) >= 11 is 5.69. The van der Waals surface area contributed by atoms with Crippen LogP contribution in [0.2, 0.25) is 5.02 Å². The van der Waals surface area contributed by atoms with E-state index < -0.39 is 34.5 Å². The zero-order valence-electron chi connectivity index (χ0n) is 12.6. The Hall–Kier alpha value is -2.03. The van der Waals surface area contributed by atoms with Crippen LogP contribution in [0, 0.1) is 0 Å². The van der Waals surface area contributed by atoms with E-state index in [2.05, 4.69) is 15.5 Å². The van der Waals surface area contributed by atoms with Crippen molar-refractivity contribution in [3.63, 3.8) is 0 Å². The third-order valence-electron chi connectivity index (χ3n) is 3.31. The quantitative estimate of drug-likeness (QED) is 0.923. The zero-order chi connectivity index (χ0) is 17.4. The van der Waals surface area contributed by atoms with Gasteiger partial charge in [0, 0.05) is 19.8 Å². The Kier molecular flexibility index (Phi) is 4.69. The van der Waals surface area contributed by atoms with Gasteiger partial charge in [0.25, 0.3) is 5.91 Å². The number of carbonyl (C=O) groups is 1. The van der Waals surface area contributed by atoms with Crippen LogP contribution in [0.15, 0.2) is 12.3 Å². The molecule has 1 atom stereocenters. The van der Waals surface area contributed by atoms with Crippen molar-refractivity contribution in [3.05, 3.63) is 34.4 Å². The molecule has 2 aromatic rings. The molecule has 126 valence electrons. The highest BCUT2D eigenvalue weighted by atomic mass is 35.5. The predicted octanol–water partition coefficient (Wildman–Crippen LogP) is 2.80. The van der Waals surface area contributed by atoms with Crippen LogP contribution in [0.5, 0.6) is 0 Å². The van der Waals surface area contributed by atoms with Crippen molar-refractivity contribution < 1.29 is 18.0 Å². The van der Waals surface area contributed by atoms with Crippen LogP contribution in [0.4, 0.5) is 13.2 Å². The number of alkyl halides is 3. The summed E-state index contributed by atoms with van der Waals surface area (Å²) in [6.45, 7) is 4.18. The summed E-state index contributed by atoms with van der Waals surface area (Å²) in [4.78, 5) is 12.2. The zero-order valence-corrected chi connectivity index (χ0v) is 13.4. The van der Waals surface area contributed by atoms with Crippen LogP contribution in [0.25, 0.3) is 0 Å². The highest BCUT2D eigenvalue weighted by molar-refractivity contribution is 6.34. The Morgan fingerprint density at radius 1 is 1.48 bits per heavy atom. The number of hydrogen-bond acceptors (Lipinski definition) is 3. The highest BCUT2D eigenvalue weighted by Gasteiger charge is 2.40. The highest BCUT2D eigenvalue weighted by Crippen LogP contribution is 2.36. The minimum Gasteiger partial charge on any atom is -0.343 e. The van der Waals surface area contributed by atoms with Gasteiger partial charge in [0.15, 0.2) is 11.4 Å². The van der Waals surface area contributed by atoms with Crippen molar-refractivity contribution in [2.45, 2.75) is 32.6 Å². The summed E-state index contributed by atoms with van der Waals surface area (Å²) in [6.07, 6.45) is -3.11. The lowest BCUT2D eigenvalue weighted by Crippen LogP contribution is -2.29. The molecule has 0 bridgehead atoms. The Labute approximate surface area is 135 Å². The number of aryl methyl sites for hydroxylation is 2. The van der Waals surface area contributed by atoms with Gasteiger partial charge in [0.2, 0.25) is 0 Å². The first-order valence-electron chi connectivity index (χ1n) is 6.79. The molecule has 0 fully saturated rings. The normalized spacial score (nSPS) is 13.2. The number of hydrogen-bond donors (Lipinski definition) is 1. The largest absolute Gasteiger partial charge is 0.434 e. The first kappa shape index (κ1) is 17.3. The minimum atomic E-state index is -4.69. The van der Waals surface area contributed by atoms with E-state index in [4.69, 9.17) is 11.6 Å². The van der Waals surface area contributed by atoms with E-state index in [0.717, 1.165) is 12.7 Å². The van der Waals surface area contributed by atoms with Crippen LogP contribution in [0.1, 0.15) is 41.8 Å². The van der Waals surface area contributed by atoms with Gasteiger partial charge in [0.05, 0.1) is 11.7 Å². The maximum absolute atomic E-state index is 12.9. The van der Waals surface area contributed by atoms with E-state index in [1.54, 1.807) is 23.9 Å². The molecule has 0 aliphatic carbocycles. The van der Waals surface area contributed by atoms with Crippen LogP contribution < -0.4 is 5.32 Å². The molecule has 0 saturated heterocycles. The van der Waals surface area contributed by atoms with Gasteiger partial charge in [0.1, 0.15) is 5.02 Å². The lowest BCUT2D eigenvalue weighted by Gasteiger charge is -2.14. The van der Waals surface area contributed by atoms with Crippen LogP contribution in [-0.4, -0.2) is 25.5 Å². The Bertz CT molecular complexity index is 722. The molecule has 0 aliphatic rings. The van der Waals surface area contributed by atoms with E-state index in [1.807, 2.05) is 6.92 Å². The molecular weight excluding hydrogens is 335 g/mol. The van der Waals surface area contributed by atoms with Gasteiger partial charge in [-0.3, -0.25) is 14.2 Å². The summed E-state index contributed by atoms with van der Waals surface area (Å²) < 4.78 is 40.9. The topological polar surface area (TPSA) is 64.7 Å². The third-order valence-corrected chi connectivity index (χ3v) is 3.67. The summed E-state index contributed by atoms with van der Waals surface area (Å²) in [5, 5.41) is 9.52. The summed E-state index contributed by atoms with van der Waals surface area (Å²) in [7, 11) is 1.08. The van der Waals surface area contributed by atoms with Gasteiger partial charge in [-0.15, -0.1) is 0 Å². The fraction of sp³-hybridized carbons (Fsp3) is 0.462. The number of nitrogens with one attached hydrogen (secondary N) is 1. The molecule has 10 heteroatoms. The average Bonchev–Trinajstić information content (AvgIpc) is 3.01. The van der Waals surface area contributed by atoms with Crippen molar-refractivity contribution >= 4 is 17.5 Å². The fourth-order valence-electron chi connectivity index (χ4n) is 2.27. The summed E-state index contributed by atoms with van der Waals surface area (Å²) in [5.41, 5.74) is -0.893. The number of halogens is 4. The second-order valence-corrected chi connectivity index (χ2v) is 5.28. The van der Waals surface area contributed by atoms with Crippen molar-refractivity contribution in [1.29, 1.82) is 0 Å². The molecular formula is C13H15ClF3N5O. The summed E-state index contributed by atoms with van der Waals surface area (Å²) in [5.74, 6) is -0.780. The Balaban J connectivity index is 2.25. The average molecular weight is 350 g/mol. The van der Waals surface area contributed by atoms with E-state index in [-0.39, 0.29) is 0 Å². The van der Waals surface area contributed by atoms with Gasteiger partial charge in [-0.1, -0.05) is 11.6 Å². The molecule has 0 spiro atoms. The van der Waals surface area contributed by atoms with Gasteiger partial charge in [-0.05, 0) is 19.9 Å². The molecule has 2 aromatic heterocycles. The number of carbonyl (C=O) groups excluding carboxylic acids is 1.